The minimum Gasteiger partial charge on any atom is -0.371 e. The third-order valence-corrected chi connectivity index (χ3v) is 2.92. The standard InChI is InChI=1S/C12H19ClN2O/c1-5-7-10(16-6-2)12-14-9(4)8(3)11(13)15-12/h10H,5-7H2,1-4H3. The molecule has 0 aliphatic carbocycles. The van der Waals surface area contributed by atoms with Gasteiger partial charge in [0, 0.05) is 17.9 Å². The lowest BCUT2D eigenvalue weighted by atomic mass is 10.2. The second-order valence-corrected chi connectivity index (χ2v) is 4.17. The molecule has 90 valence electrons. The molecule has 1 aromatic rings. The van der Waals surface area contributed by atoms with Crippen LogP contribution in [0, 0.1) is 13.8 Å². The number of hydrogen-bond acceptors (Lipinski definition) is 3. The zero-order chi connectivity index (χ0) is 12.1. The van der Waals surface area contributed by atoms with Gasteiger partial charge in [0.15, 0.2) is 5.82 Å². The second kappa shape index (κ2) is 6.16. The number of nitrogens with zero attached hydrogens (tertiary/aromatic N) is 2. The van der Waals surface area contributed by atoms with Crippen LogP contribution in [0.3, 0.4) is 0 Å². The molecule has 0 spiro atoms. The van der Waals surface area contributed by atoms with E-state index in [0.29, 0.717) is 17.6 Å². The van der Waals surface area contributed by atoms with Gasteiger partial charge in [-0.1, -0.05) is 24.9 Å². The van der Waals surface area contributed by atoms with Crippen LogP contribution in [0.25, 0.3) is 0 Å². The van der Waals surface area contributed by atoms with E-state index in [1.807, 2.05) is 20.8 Å². The maximum atomic E-state index is 6.06. The van der Waals surface area contributed by atoms with Crippen molar-refractivity contribution in [3.05, 3.63) is 22.2 Å². The Morgan fingerprint density at radius 3 is 2.44 bits per heavy atom. The fraction of sp³-hybridized carbons (Fsp3) is 0.667. The van der Waals surface area contributed by atoms with Crippen molar-refractivity contribution in [3.8, 4) is 0 Å². The van der Waals surface area contributed by atoms with E-state index in [9.17, 15) is 0 Å². The summed E-state index contributed by atoms with van der Waals surface area (Å²) in [5, 5.41) is 0.531. The molecule has 1 aromatic heterocycles. The van der Waals surface area contributed by atoms with Crippen LogP contribution in [0.5, 0.6) is 0 Å². The molecule has 0 aromatic carbocycles. The van der Waals surface area contributed by atoms with E-state index in [2.05, 4.69) is 16.9 Å². The van der Waals surface area contributed by atoms with Gasteiger partial charge in [-0.3, -0.25) is 0 Å². The summed E-state index contributed by atoms with van der Waals surface area (Å²) >= 11 is 6.06. The Kier molecular flexibility index (Phi) is 5.16. The van der Waals surface area contributed by atoms with Crippen molar-refractivity contribution in [2.24, 2.45) is 0 Å². The zero-order valence-electron chi connectivity index (χ0n) is 10.4. The van der Waals surface area contributed by atoms with Crippen molar-refractivity contribution in [2.45, 2.75) is 46.6 Å². The van der Waals surface area contributed by atoms with Crippen LogP contribution in [-0.2, 0) is 4.74 Å². The van der Waals surface area contributed by atoms with Gasteiger partial charge in [-0.15, -0.1) is 0 Å². The number of aromatic nitrogens is 2. The van der Waals surface area contributed by atoms with Crippen molar-refractivity contribution in [1.82, 2.24) is 9.97 Å². The van der Waals surface area contributed by atoms with Gasteiger partial charge in [-0.25, -0.2) is 9.97 Å². The fourth-order valence-corrected chi connectivity index (χ4v) is 1.73. The van der Waals surface area contributed by atoms with Gasteiger partial charge in [0.2, 0.25) is 0 Å². The lowest BCUT2D eigenvalue weighted by Crippen LogP contribution is -2.10. The molecule has 0 radical (unpaired) electrons. The molecule has 0 fully saturated rings. The quantitative estimate of drug-likeness (QED) is 0.740. The third-order valence-electron chi connectivity index (χ3n) is 2.55. The Balaban J connectivity index is 3.00. The first-order valence-electron chi connectivity index (χ1n) is 5.72. The van der Waals surface area contributed by atoms with Crippen molar-refractivity contribution >= 4 is 11.6 Å². The molecule has 0 aliphatic heterocycles. The Hall–Kier alpha value is -0.670. The summed E-state index contributed by atoms with van der Waals surface area (Å²) in [6.45, 7) is 8.64. The van der Waals surface area contributed by atoms with Gasteiger partial charge in [0.05, 0.1) is 0 Å². The lowest BCUT2D eigenvalue weighted by Gasteiger charge is -2.16. The number of aryl methyl sites for hydroxylation is 1. The zero-order valence-corrected chi connectivity index (χ0v) is 11.1. The van der Waals surface area contributed by atoms with Gasteiger partial charge in [-0.05, 0) is 27.2 Å². The Labute approximate surface area is 102 Å². The summed E-state index contributed by atoms with van der Waals surface area (Å²) in [4.78, 5) is 8.75. The maximum Gasteiger partial charge on any atom is 0.159 e. The first-order chi connectivity index (χ1) is 7.60. The van der Waals surface area contributed by atoms with Crippen LogP contribution in [0.4, 0.5) is 0 Å². The van der Waals surface area contributed by atoms with E-state index in [4.69, 9.17) is 16.3 Å². The Bertz CT molecular complexity index is 326. The van der Waals surface area contributed by atoms with E-state index in [1.54, 1.807) is 0 Å². The highest BCUT2D eigenvalue weighted by Gasteiger charge is 2.16. The van der Waals surface area contributed by atoms with Crippen LogP contribution in [0.1, 0.15) is 49.9 Å². The lowest BCUT2D eigenvalue weighted by molar-refractivity contribution is 0.0492. The fourth-order valence-electron chi connectivity index (χ4n) is 1.51. The highest BCUT2D eigenvalue weighted by Crippen LogP contribution is 2.23. The molecule has 4 heteroatoms. The molecule has 1 heterocycles. The van der Waals surface area contributed by atoms with Crippen LogP contribution >= 0.6 is 11.6 Å². The summed E-state index contributed by atoms with van der Waals surface area (Å²) in [7, 11) is 0. The average molecular weight is 243 g/mol. The third kappa shape index (κ3) is 3.16. The van der Waals surface area contributed by atoms with Crippen molar-refractivity contribution in [2.75, 3.05) is 6.61 Å². The van der Waals surface area contributed by atoms with Crippen LogP contribution in [0.15, 0.2) is 0 Å². The number of ether oxygens (including phenoxy) is 1. The molecular formula is C12H19ClN2O. The van der Waals surface area contributed by atoms with E-state index >= 15 is 0 Å². The molecule has 1 unspecified atom stereocenters. The monoisotopic (exact) mass is 242 g/mol. The van der Waals surface area contributed by atoms with Crippen molar-refractivity contribution in [1.29, 1.82) is 0 Å². The SMILES string of the molecule is CCCC(OCC)c1nc(C)c(C)c(Cl)n1. The minimum atomic E-state index is -0.0354. The highest BCUT2D eigenvalue weighted by atomic mass is 35.5. The van der Waals surface area contributed by atoms with Gasteiger partial charge < -0.3 is 4.74 Å². The smallest absolute Gasteiger partial charge is 0.159 e. The molecule has 0 bridgehead atoms. The average Bonchev–Trinajstić information content (AvgIpc) is 2.25. The number of rotatable bonds is 5. The minimum absolute atomic E-state index is 0.0354. The molecule has 16 heavy (non-hydrogen) atoms. The normalized spacial score (nSPS) is 12.8. The van der Waals surface area contributed by atoms with E-state index < -0.39 is 0 Å². The van der Waals surface area contributed by atoms with Crippen LogP contribution in [-0.4, -0.2) is 16.6 Å². The van der Waals surface area contributed by atoms with Crippen molar-refractivity contribution in [3.63, 3.8) is 0 Å². The molecule has 0 N–H and O–H groups in total. The number of halogens is 1. The predicted molar refractivity (Wildman–Crippen MR) is 65.8 cm³/mol. The summed E-state index contributed by atoms with van der Waals surface area (Å²) in [6.07, 6.45) is 1.93. The molecule has 1 rings (SSSR count). The molecule has 3 nitrogen and oxygen atoms in total. The summed E-state index contributed by atoms with van der Waals surface area (Å²) in [5.74, 6) is 0.705. The molecule has 0 saturated carbocycles. The highest BCUT2D eigenvalue weighted by molar-refractivity contribution is 6.30. The molecule has 1 atom stereocenters. The number of hydrogen-bond donors (Lipinski definition) is 0. The van der Waals surface area contributed by atoms with E-state index in [0.717, 1.165) is 24.1 Å². The summed E-state index contributed by atoms with van der Waals surface area (Å²) in [5.41, 5.74) is 1.87. The van der Waals surface area contributed by atoms with Gasteiger partial charge in [0.25, 0.3) is 0 Å². The predicted octanol–water partition coefficient (Wildman–Crippen LogP) is 3.62. The van der Waals surface area contributed by atoms with Gasteiger partial charge in [0.1, 0.15) is 11.3 Å². The maximum absolute atomic E-state index is 6.06. The van der Waals surface area contributed by atoms with Gasteiger partial charge >= 0.3 is 0 Å². The first-order valence-corrected chi connectivity index (χ1v) is 6.10. The largest absolute Gasteiger partial charge is 0.371 e. The molecule has 0 saturated heterocycles. The van der Waals surface area contributed by atoms with Crippen LogP contribution in [0.2, 0.25) is 5.15 Å². The molecule has 0 aliphatic rings. The summed E-state index contributed by atoms with van der Waals surface area (Å²) in [6, 6.07) is 0. The Morgan fingerprint density at radius 2 is 1.94 bits per heavy atom. The van der Waals surface area contributed by atoms with Crippen LogP contribution < -0.4 is 0 Å². The van der Waals surface area contributed by atoms with Crippen molar-refractivity contribution < 1.29 is 4.74 Å². The molecular weight excluding hydrogens is 224 g/mol. The Morgan fingerprint density at radius 1 is 1.25 bits per heavy atom. The second-order valence-electron chi connectivity index (χ2n) is 3.82. The topological polar surface area (TPSA) is 35.0 Å². The van der Waals surface area contributed by atoms with E-state index in [-0.39, 0.29) is 6.10 Å². The first kappa shape index (κ1) is 13.4. The van der Waals surface area contributed by atoms with Gasteiger partial charge in [-0.2, -0.15) is 0 Å². The molecule has 0 amide bonds. The summed E-state index contributed by atoms with van der Waals surface area (Å²) < 4.78 is 5.63. The van der Waals surface area contributed by atoms with E-state index in [1.165, 1.54) is 0 Å².